The average Bonchev–Trinajstić information content (AvgIpc) is 3.19. The van der Waals surface area contributed by atoms with E-state index in [0.29, 0.717) is 17.7 Å². The first kappa shape index (κ1) is 31.5. The van der Waals surface area contributed by atoms with Gasteiger partial charge in [0.2, 0.25) is 0 Å². The van der Waals surface area contributed by atoms with Crippen LogP contribution in [0.4, 0.5) is 31.1 Å². The van der Waals surface area contributed by atoms with Gasteiger partial charge < -0.3 is 14.3 Å². The van der Waals surface area contributed by atoms with E-state index in [1.54, 1.807) is 30.3 Å². The largest absolute Gasteiger partial charge is 0.488 e. The van der Waals surface area contributed by atoms with E-state index in [4.69, 9.17) is 9.16 Å². The lowest BCUT2D eigenvalue weighted by Crippen LogP contribution is -2.46. The number of alkyl halides is 6. The summed E-state index contributed by atoms with van der Waals surface area (Å²) in [5, 5.41) is 9.85. The molecule has 1 aliphatic rings. The van der Waals surface area contributed by atoms with Gasteiger partial charge in [0.25, 0.3) is 0 Å². The molecule has 220 valence electrons. The quantitative estimate of drug-likeness (QED) is 0.201. The third kappa shape index (κ3) is 7.01. The van der Waals surface area contributed by atoms with Crippen molar-refractivity contribution in [2.24, 2.45) is 0 Å². The molecule has 3 rings (SSSR count). The van der Waals surface area contributed by atoms with Crippen molar-refractivity contribution in [3.8, 4) is 0 Å². The molecule has 0 aromatic heterocycles. The van der Waals surface area contributed by atoms with Gasteiger partial charge >= 0.3 is 18.4 Å². The maximum Gasteiger partial charge on any atom is 0.416 e. The maximum absolute atomic E-state index is 13.4. The number of rotatable bonds is 7. The Morgan fingerprint density at radius 2 is 1.52 bits per heavy atom. The molecule has 0 bridgehead atoms. The zero-order valence-electron chi connectivity index (χ0n) is 22.9. The molecule has 1 N–H and O–H groups in total. The first-order valence-electron chi connectivity index (χ1n) is 12.6. The van der Waals surface area contributed by atoms with E-state index in [1.165, 1.54) is 0 Å². The summed E-state index contributed by atoms with van der Waals surface area (Å²) in [6, 6.07) is 9.18. The Balaban J connectivity index is 2.01. The second kappa shape index (κ2) is 11.1. The number of amides is 1. The van der Waals surface area contributed by atoms with Crippen LogP contribution in [-0.4, -0.2) is 49.7 Å². The Bertz CT molecular complexity index is 1190. The molecule has 1 aliphatic heterocycles. The van der Waals surface area contributed by atoms with Gasteiger partial charge in [-0.2, -0.15) is 26.3 Å². The van der Waals surface area contributed by atoms with E-state index in [-0.39, 0.29) is 24.3 Å². The molecule has 1 amide bonds. The smallest absolute Gasteiger partial charge is 0.416 e. The number of hydrogen-bond acceptors (Lipinski definition) is 3. The van der Waals surface area contributed by atoms with Gasteiger partial charge in [-0.1, -0.05) is 57.7 Å². The van der Waals surface area contributed by atoms with Crippen LogP contribution in [0.15, 0.2) is 55.1 Å². The van der Waals surface area contributed by atoms with Crippen LogP contribution in [0.5, 0.6) is 0 Å². The van der Waals surface area contributed by atoms with E-state index in [0.717, 1.165) is 4.90 Å². The van der Waals surface area contributed by atoms with Crippen LogP contribution < -0.4 is 0 Å². The molecule has 3 atom stereocenters. The lowest BCUT2D eigenvalue weighted by Gasteiger charge is -2.38. The molecule has 1 fully saturated rings. The Kier molecular flexibility index (Phi) is 8.76. The monoisotopic (exact) mass is 589 g/mol. The zero-order chi connectivity index (χ0) is 30.3. The fraction of sp³-hybridized carbons (Fsp3) is 0.464. The van der Waals surface area contributed by atoms with Gasteiger partial charge in [0, 0.05) is 11.5 Å². The summed E-state index contributed by atoms with van der Waals surface area (Å²) in [4.78, 5) is 13.4. The molecule has 1 heterocycles. The van der Waals surface area contributed by atoms with E-state index in [2.05, 4.69) is 6.58 Å². The van der Waals surface area contributed by atoms with Crippen molar-refractivity contribution in [2.75, 3.05) is 13.2 Å². The standard InChI is InChI=1S/C28H33F6NO4Si/c1-17(19-12-20(27(29,30)31)14-21(13-19)28(32,33)34)39-23-15-35(25(36)37)22(16-38-40(5,6)26(2,3)4)24(23)18-10-8-7-9-11-18/h7-14,22-24H,1,15-16H2,2-6H3,(H,36,37). The molecule has 0 aliphatic carbocycles. The van der Waals surface area contributed by atoms with Gasteiger partial charge in [0.15, 0.2) is 8.32 Å². The number of ether oxygens (including phenoxy) is 1. The summed E-state index contributed by atoms with van der Waals surface area (Å²) in [5.74, 6) is -1.06. The average molecular weight is 590 g/mol. The third-order valence-electron chi connectivity index (χ3n) is 7.65. The van der Waals surface area contributed by atoms with E-state index in [9.17, 15) is 36.2 Å². The van der Waals surface area contributed by atoms with Crippen molar-refractivity contribution < 1.29 is 45.4 Å². The lowest BCUT2D eigenvalue weighted by molar-refractivity contribution is -0.143. The SMILES string of the molecule is C=C(OC1CN(C(=O)O)C(CO[Si](C)(C)C(C)(C)C)C1c1ccccc1)c1cc(C(F)(F)F)cc(C(F)(F)F)c1. The van der Waals surface area contributed by atoms with Gasteiger partial charge in [-0.05, 0) is 41.9 Å². The number of halogens is 6. The molecule has 2 aromatic carbocycles. The number of nitrogens with zero attached hydrogens (tertiary/aromatic N) is 1. The van der Waals surface area contributed by atoms with Gasteiger partial charge in [-0.15, -0.1) is 0 Å². The van der Waals surface area contributed by atoms with E-state index < -0.39 is 67.3 Å². The minimum atomic E-state index is -5.04. The number of hydrogen-bond donors (Lipinski definition) is 1. The molecule has 0 saturated carbocycles. The lowest BCUT2D eigenvalue weighted by atomic mass is 9.90. The highest BCUT2D eigenvalue weighted by Gasteiger charge is 2.48. The molecule has 0 radical (unpaired) electrons. The Morgan fingerprint density at radius 1 is 1.00 bits per heavy atom. The fourth-order valence-corrected chi connectivity index (χ4v) is 5.42. The Labute approximate surface area is 230 Å². The number of likely N-dealkylation sites (tertiary alicyclic amines) is 1. The maximum atomic E-state index is 13.4. The van der Waals surface area contributed by atoms with Gasteiger partial charge in [-0.25, -0.2) is 4.79 Å². The summed E-state index contributed by atoms with van der Waals surface area (Å²) in [6.45, 7) is 13.6. The first-order chi connectivity index (χ1) is 18.2. The van der Waals surface area contributed by atoms with Crippen molar-refractivity contribution >= 4 is 20.2 Å². The molecule has 3 unspecified atom stereocenters. The highest BCUT2D eigenvalue weighted by Crippen LogP contribution is 2.42. The molecule has 1 saturated heterocycles. The Morgan fingerprint density at radius 3 is 1.98 bits per heavy atom. The fourth-order valence-electron chi connectivity index (χ4n) is 4.40. The normalized spacial score (nSPS) is 20.5. The van der Waals surface area contributed by atoms with Crippen LogP contribution in [0.3, 0.4) is 0 Å². The minimum absolute atomic E-state index is 0.0273. The van der Waals surface area contributed by atoms with Crippen LogP contribution in [-0.2, 0) is 21.5 Å². The van der Waals surface area contributed by atoms with E-state index in [1.807, 2.05) is 33.9 Å². The molecular formula is C28H33F6NO4Si. The van der Waals surface area contributed by atoms with Crippen LogP contribution in [0.25, 0.3) is 5.76 Å². The van der Waals surface area contributed by atoms with Gasteiger partial charge in [0.05, 0.1) is 30.3 Å². The summed E-state index contributed by atoms with van der Waals surface area (Å²) in [5.41, 5.74) is -2.81. The molecule has 40 heavy (non-hydrogen) atoms. The second-order valence-electron chi connectivity index (χ2n) is 11.4. The highest BCUT2D eigenvalue weighted by atomic mass is 28.4. The van der Waals surface area contributed by atoms with Crippen LogP contribution >= 0.6 is 0 Å². The molecule has 2 aromatic rings. The Hall–Kier alpha value is -2.99. The predicted molar refractivity (Wildman–Crippen MR) is 141 cm³/mol. The summed E-state index contributed by atoms with van der Waals surface area (Å²) < 4.78 is 92.8. The second-order valence-corrected chi connectivity index (χ2v) is 16.2. The first-order valence-corrected chi connectivity index (χ1v) is 15.5. The zero-order valence-corrected chi connectivity index (χ0v) is 23.9. The van der Waals surface area contributed by atoms with Crippen molar-refractivity contribution in [2.45, 2.75) is 69.3 Å². The van der Waals surface area contributed by atoms with Crippen molar-refractivity contribution in [1.29, 1.82) is 0 Å². The van der Waals surface area contributed by atoms with E-state index >= 15 is 0 Å². The van der Waals surface area contributed by atoms with Gasteiger partial charge in [-0.3, -0.25) is 4.90 Å². The molecule has 0 spiro atoms. The minimum Gasteiger partial charge on any atom is -0.488 e. The summed E-state index contributed by atoms with van der Waals surface area (Å²) in [6.07, 6.45) is -12.3. The number of carbonyl (C=O) groups is 1. The predicted octanol–water partition coefficient (Wildman–Crippen LogP) is 8.25. The van der Waals surface area contributed by atoms with Gasteiger partial charge in [0.1, 0.15) is 11.9 Å². The third-order valence-corrected chi connectivity index (χ3v) is 12.1. The topological polar surface area (TPSA) is 59.0 Å². The van der Waals surface area contributed by atoms with Crippen molar-refractivity contribution in [3.05, 3.63) is 77.4 Å². The molecule has 5 nitrogen and oxygen atoms in total. The number of carboxylic acid groups (broad SMARTS) is 1. The van der Waals surface area contributed by atoms with Crippen molar-refractivity contribution in [1.82, 2.24) is 4.90 Å². The summed E-state index contributed by atoms with van der Waals surface area (Å²) in [7, 11) is -2.31. The van der Waals surface area contributed by atoms with Crippen LogP contribution in [0.1, 0.15) is 48.9 Å². The number of benzene rings is 2. The summed E-state index contributed by atoms with van der Waals surface area (Å²) >= 11 is 0. The molecule has 12 heteroatoms. The van der Waals surface area contributed by atoms with Crippen LogP contribution in [0, 0.1) is 0 Å². The molecular weight excluding hydrogens is 556 g/mol. The van der Waals surface area contributed by atoms with Crippen molar-refractivity contribution in [3.63, 3.8) is 0 Å². The highest BCUT2D eigenvalue weighted by molar-refractivity contribution is 6.74. The van der Waals surface area contributed by atoms with Crippen LogP contribution in [0.2, 0.25) is 18.1 Å².